The molecule has 1 aliphatic rings. The number of nitrogens with one attached hydrogen (secondary N) is 1. The highest BCUT2D eigenvalue weighted by Gasteiger charge is 2.09. The zero-order valence-corrected chi connectivity index (χ0v) is 7.12. The number of aliphatic carboxylic acids is 1. The molecule has 0 aromatic carbocycles. The number of carboxylic acids is 1. The Bertz CT molecular complexity index is 119. The molecule has 1 aliphatic heterocycles. The fourth-order valence-electron chi connectivity index (χ4n) is 0.737. The van der Waals surface area contributed by atoms with Crippen molar-refractivity contribution in [3.8, 4) is 0 Å². The maximum Gasteiger partial charge on any atom is 0.300 e. The predicted octanol–water partition coefficient (Wildman–Crippen LogP) is -0.942. The Balaban J connectivity index is 0.000000261. The molecule has 0 aromatic heterocycles. The first kappa shape index (κ1) is 11.4. The van der Waals surface area contributed by atoms with Gasteiger partial charge in [0.25, 0.3) is 5.97 Å². The van der Waals surface area contributed by atoms with Crippen LogP contribution in [0, 0.1) is 0 Å². The largest absolute Gasteiger partial charge is 0.481 e. The van der Waals surface area contributed by atoms with E-state index in [2.05, 4.69) is 5.32 Å². The lowest BCUT2D eigenvalue weighted by atomic mass is 10.3. The van der Waals surface area contributed by atoms with Crippen molar-refractivity contribution in [2.24, 2.45) is 0 Å². The molecule has 0 bridgehead atoms. The lowest BCUT2D eigenvalue weighted by Gasteiger charge is -2.21. The Kier molecular flexibility index (Phi) is 6.64. The maximum atomic E-state index is 9.00. The van der Waals surface area contributed by atoms with E-state index in [-0.39, 0.29) is 12.6 Å². The minimum atomic E-state index is -0.833. The fourth-order valence-corrected chi connectivity index (χ4v) is 0.737. The zero-order chi connectivity index (χ0) is 9.40. The summed E-state index contributed by atoms with van der Waals surface area (Å²) >= 11 is 0. The minimum absolute atomic E-state index is 0.170. The molecule has 0 amide bonds. The SMILES string of the molecule is CC(=O)O.OC[C@H]1COCCN1. The molecule has 0 spiro atoms. The average Bonchev–Trinajstić information content (AvgIpc) is 2.05. The topological polar surface area (TPSA) is 78.8 Å². The average molecular weight is 177 g/mol. The summed E-state index contributed by atoms with van der Waals surface area (Å²) in [5.74, 6) is -0.833. The van der Waals surface area contributed by atoms with Gasteiger partial charge in [-0.3, -0.25) is 4.79 Å². The minimum Gasteiger partial charge on any atom is -0.481 e. The normalized spacial score (nSPS) is 22.3. The summed E-state index contributed by atoms with van der Waals surface area (Å²) in [6, 6.07) is 0.170. The van der Waals surface area contributed by atoms with Crippen LogP contribution in [0.5, 0.6) is 0 Å². The fraction of sp³-hybridized carbons (Fsp3) is 0.857. The van der Waals surface area contributed by atoms with Crippen molar-refractivity contribution >= 4 is 5.97 Å². The summed E-state index contributed by atoms with van der Waals surface area (Å²) in [5.41, 5.74) is 0. The van der Waals surface area contributed by atoms with Gasteiger partial charge in [-0.25, -0.2) is 0 Å². The smallest absolute Gasteiger partial charge is 0.300 e. The Morgan fingerprint density at radius 1 is 1.75 bits per heavy atom. The zero-order valence-electron chi connectivity index (χ0n) is 7.12. The standard InChI is InChI=1S/C5H11NO2.C2H4O2/c7-3-5-4-8-2-1-6-5;1-2(3)4/h5-7H,1-4H2;1H3,(H,3,4)/t5-;/m0./s1. The molecule has 0 aromatic rings. The molecule has 12 heavy (non-hydrogen) atoms. The van der Waals surface area contributed by atoms with Gasteiger partial charge in [0.2, 0.25) is 0 Å². The molecule has 3 N–H and O–H groups in total. The van der Waals surface area contributed by atoms with Crippen molar-refractivity contribution in [1.29, 1.82) is 0 Å². The molecule has 0 unspecified atom stereocenters. The molecule has 5 heteroatoms. The number of morpholine rings is 1. The van der Waals surface area contributed by atoms with Crippen LogP contribution in [0.25, 0.3) is 0 Å². The van der Waals surface area contributed by atoms with Crippen LogP contribution in [0.2, 0.25) is 0 Å². The molecule has 5 nitrogen and oxygen atoms in total. The van der Waals surface area contributed by atoms with E-state index < -0.39 is 5.97 Å². The first-order chi connectivity index (χ1) is 5.66. The molecule has 1 atom stereocenters. The number of aliphatic hydroxyl groups excluding tert-OH is 1. The second-order valence-electron chi connectivity index (χ2n) is 2.43. The van der Waals surface area contributed by atoms with Crippen molar-refractivity contribution in [2.45, 2.75) is 13.0 Å². The second kappa shape index (κ2) is 7.02. The Morgan fingerprint density at radius 2 is 2.33 bits per heavy atom. The first-order valence-electron chi connectivity index (χ1n) is 3.78. The molecule has 1 saturated heterocycles. The van der Waals surface area contributed by atoms with Crippen LogP contribution in [0.15, 0.2) is 0 Å². The van der Waals surface area contributed by atoms with Crippen LogP contribution in [-0.4, -0.2) is 48.6 Å². The number of aliphatic hydroxyl groups is 1. The van der Waals surface area contributed by atoms with E-state index in [0.717, 1.165) is 20.1 Å². The van der Waals surface area contributed by atoms with Crippen LogP contribution >= 0.6 is 0 Å². The van der Waals surface area contributed by atoms with Crippen molar-refractivity contribution in [3.63, 3.8) is 0 Å². The highest BCUT2D eigenvalue weighted by molar-refractivity contribution is 5.62. The Labute approximate surface area is 71.3 Å². The molecule has 72 valence electrons. The van der Waals surface area contributed by atoms with Gasteiger partial charge in [-0.2, -0.15) is 0 Å². The van der Waals surface area contributed by atoms with Crippen molar-refractivity contribution in [2.75, 3.05) is 26.4 Å². The van der Waals surface area contributed by atoms with Crippen molar-refractivity contribution < 1.29 is 19.7 Å². The number of hydrogen-bond donors (Lipinski definition) is 3. The lowest BCUT2D eigenvalue weighted by Crippen LogP contribution is -2.43. The summed E-state index contributed by atoms with van der Waals surface area (Å²) in [4.78, 5) is 9.00. The number of rotatable bonds is 1. The van der Waals surface area contributed by atoms with Gasteiger partial charge < -0.3 is 20.3 Å². The molecular weight excluding hydrogens is 162 g/mol. The van der Waals surface area contributed by atoms with Gasteiger partial charge in [0.1, 0.15) is 0 Å². The number of carbonyl (C=O) groups is 1. The molecule has 0 aliphatic carbocycles. The van der Waals surface area contributed by atoms with Gasteiger partial charge >= 0.3 is 0 Å². The molecule has 1 heterocycles. The van der Waals surface area contributed by atoms with E-state index in [1.54, 1.807) is 0 Å². The van der Waals surface area contributed by atoms with Crippen molar-refractivity contribution in [1.82, 2.24) is 5.32 Å². The van der Waals surface area contributed by atoms with Gasteiger partial charge in [-0.05, 0) is 0 Å². The first-order valence-corrected chi connectivity index (χ1v) is 3.78. The molecular formula is C7H15NO4. The Hall–Kier alpha value is -0.650. The second-order valence-corrected chi connectivity index (χ2v) is 2.43. The summed E-state index contributed by atoms with van der Waals surface area (Å²) in [5, 5.41) is 19.1. The van der Waals surface area contributed by atoms with Crippen LogP contribution in [-0.2, 0) is 9.53 Å². The maximum absolute atomic E-state index is 9.00. The van der Waals surface area contributed by atoms with Gasteiger partial charge in [0.15, 0.2) is 0 Å². The van der Waals surface area contributed by atoms with E-state index in [0.29, 0.717) is 6.61 Å². The van der Waals surface area contributed by atoms with E-state index in [9.17, 15) is 0 Å². The molecule has 0 radical (unpaired) electrons. The van der Waals surface area contributed by atoms with Gasteiger partial charge in [-0.1, -0.05) is 0 Å². The van der Waals surface area contributed by atoms with E-state index in [1.807, 2.05) is 0 Å². The lowest BCUT2D eigenvalue weighted by molar-refractivity contribution is -0.134. The summed E-state index contributed by atoms with van der Waals surface area (Å²) in [6.45, 7) is 3.55. The summed E-state index contributed by atoms with van der Waals surface area (Å²) in [7, 11) is 0. The molecule has 1 rings (SSSR count). The highest BCUT2D eigenvalue weighted by atomic mass is 16.5. The Morgan fingerprint density at radius 3 is 2.58 bits per heavy atom. The molecule has 0 saturated carbocycles. The monoisotopic (exact) mass is 177 g/mol. The number of carboxylic acid groups (broad SMARTS) is 1. The van der Waals surface area contributed by atoms with E-state index in [4.69, 9.17) is 19.7 Å². The van der Waals surface area contributed by atoms with Crippen molar-refractivity contribution in [3.05, 3.63) is 0 Å². The third-order valence-electron chi connectivity index (χ3n) is 1.22. The third-order valence-corrected chi connectivity index (χ3v) is 1.22. The number of hydrogen-bond acceptors (Lipinski definition) is 4. The van der Waals surface area contributed by atoms with Crippen LogP contribution in [0.1, 0.15) is 6.92 Å². The third kappa shape index (κ3) is 7.46. The highest BCUT2D eigenvalue weighted by Crippen LogP contribution is 1.89. The van der Waals surface area contributed by atoms with Crippen LogP contribution < -0.4 is 5.32 Å². The summed E-state index contributed by atoms with van der Waals surface area (Å²) < 4.78 is 5.05. The predicted molar refractivity (Wildman–Crippen MR) is 43.0 cm³/mol. The number of ether oxygens (including phenoxy) is 1. The van der Waals surface area contributed by atoms with Crippen LogP contribution in [0.3, 0.4) is 0 Å². The van der Waals surface area contributed by atoms with Gasteiger partial charge in [-0.15, -0.1) is 0 Å². The van der Waals surface area contributed by atoms with E-state index in [1.165, 1.54) is 0 Å². The quantitative estimate of drug-likeness (QED) is 0.481. The summed E-state index contributed by atoms with van der Waals surface area (Å²) in [6.07, 6.45) is 0. The van der Waals surface area contributed by atoms with Gasteiger partial charge in [0.05, 0.1) is 25.9 Å². The van der Waals surface area contributed by atoms with Crippen LogP contribution in [0.4, 0.5) is 0 Å². The van der Waals surface area contributed by atoms with Gasteiger partial charge in [0, 0.05) is 13.5 Å². The molecule has 1 fully saturated rings. The van der Waals surface area contributed by atoms with E-state index >= 15 is 0 Å².